The maximum atomic E-state index is 14.0. The summed E-state index contributed by atoms with van der Waals surface area (Å²) in [4.78, 5) is 23.4. The highest BCUT2D eigenvalue weighted by atomic mass is 19.1. The number of carbonyl (C=O) groups excluding carboxylic acids is 1. The maximum absolute atomic E-state index is 14.0. The molecule has 0 unspecified atom stereocenters. The van der Waals surface area contributed by atoms with Crippen molar-refractivity contribution in [1.29, 1.82) is 0 Å². The van der Waals surface area contributed by atoms with Crippen LogP contribution in [0.25, 0.3) is 0 Å². The second kappa shape index (κ2) is 9.98. The van der Waals surface area contributed by atoms with Crippen molar-refractivity contribution in [2.45, 2.75) is 26.3 Å². The van der Waals surface area contributed by atoms with Crippen molar-refractivity contribution in [3.8, 4) is 0 Å². The minimum Gasteiger partial charge on any atom is -0.448 e. The molecule has 6 nitrogen and oxygen atoms in total. The molecule has 0 aliphatic carbocycles. The van der Waals surface area contributed by atoms with Crippen LogP contribution in [0.5, 0.6) is 0 Å². The van der Waals surface area contributed by atoms with Gasteiger partial charge < -0.3 is 14.2 Å². The van der Waals surface area contributed by atoms with E-state index in [9.17, 15) is 9.18 Å². The predicted molar refractivity (Wildman–Crippen MR) is 110 cm³/mol. The number of hydrogen-bond donors (Lipinski definition) is 0. The van der Waals surface area contributed by atoms with Crippen LogP contribution < -0.4 is 0 Å². The molecule has 2 aromatic rings. The summed E-state index contributed by atoms with van der Waals surface area (Å²) in [5.41, 5.74) is 1.12. The van der Waals surface area contributed by atoms with Crippen molar-refractivity contribution in [3.63, 3.8) is 0 Å². The number of aromatic nitrogens is 1. The Kier molecular flexibility index (Phi) is 7.39. The van der Waals surface area contributed by atoms with Crippen molar-refractivity contribution in [2.24, 2.45) is 5.92 Å². The molecule has 1 aliphatic heterocycles. The van der Waals surface area contributed by atoms with Gasteiger partial charge >= 0.3 is 0 Å². The van der Waals surface area contributed by atoms with Gasteiger partial charge in [-0.05, 0) is 52.4 Å². The molecule has 1 atom stereocenters. The third-order valence-corrected chi connectivity index (χ3v) is 5.49. The monoisotopic (exact) mass is 402 g/mol. The number of benzene rings is 1. The first-order chi connectivity index (χ1) is 13.9. The summed E-state index contributed by atoms with van der Waals surface area (Å²) < 4.78 is 19.3. The lowest BCUT2D eigenvalue weighted by atomic mass is 9.96. The maximum Gasteiger partial charge on any atom is 0.276 e. The van der Waals surface area contributed by atoms with E-state index in [2.05, 4.69) is 14.8 Å². The number of aryl methyl sites for hydroxylation is 1. The van der Waals surface area contributed by atoms with Gasteiger partial charge in [0.25, 0.3) is 5.91 Å². The van der Waals surface area contributed by atoms with E-state index in [1.807, 2.05) is 31.1 Å². The van der Waals surface area contributed by atoms with Crippen LogP contribution in [-0.2, 0) is 6.54 Å². The number of likely N-dealkylation sites (N-methyl/N-ethyl adjacent to an activating group) is 1. The van der Waals surface area contributed by atoms with Crippen LogP contribution in [-0.4, -0.2) is 72.4 Å². The smallest absolute Gasteiger partial charge is 0.276 e. The minimum absolute atomic E-state index is 0.0793. The van der Waals surface area contributed by atoms with Crippen molar-refractivity contribution in [3.05, 3.63) is 53.5 Å². The Balaban J connectivity index is 1.65. The number of carbonyl (C=O) groups is 1. The Hall–Kier alpha value is -2.25. The Morgan fingerprint density at radius 2 is 2.10 bits per heavy atom. The summed E-state index contributed by atoms with van der Waals surface area (Å²) in [6.45, 7) is 6.29. The summed E-state index contributed by atoms with van der Waals surface area (Å²) >= 11 is 0. The lowest BCUT2D eigenvalue weighted by molar-refractivity contribution is 0.0653. The number of nitrogens with zero attached hydrogens (tertiary/aromatic N) is 4. The molecule has 1 aromatic heterocycles. The van der Waals surface area contributed by atoms with Gasteiger partial charge in [-0.3, -0.25) is 9.69 Å². The van der Waals surface area contributed by atoms with E-state index in [0.717, 1.165) is 38.0 Å². The van der Waals surface area contributed by atoms with Crippen LogP contribution in [0.4, 0.5) is 4.39 Å². The molecule has 1 aromatic carbocycles. The average Bonchev–Trinajstić information content (AvgIpc) is 3.12. The molecule has 1 saturated heterocycles. The first-order valence-electron chi connectivity index (χ1n) is 10.2. The van der Waals surface area contributed by atoms with E-state index in [1.165, 1.54) is 12.5 Å². The van der Waals surface area contributed by atoms with Crippen LogP contribution >= 0.6 is 0 Å². The molecule has 0 spiro atoms. The Morgan fingerprint density at radius 1 is 1.31 bits per heavy atom. The molecule has 1 fully saturated rings. The molecule has 0 saturated carbocycles. The highest BCUT2D eigenvalue weighted by molar-refractivity contribution is 5.93. The third kappa shape index (κ3) is 5.87. The highest BCUT2D eigenvalue weighted by Gasteiger charge is 2.27. The van der Waals surface area contributed by atoms with Gasteiger partial charge in [-0.1, -0.05) is 18.2 Å². The van der Waals surface area contributed by atoms with E-state index in [1.54, 1.807) is 13.0 Å². The number of rotatable bonds is 8. The molecular formula is C22H31FN4O2. The zero-order valence-corrected chi connectivity index (χ0v) is 17.6. The van der Waals surface area contributed by atoms with E-state index < -0.39 is 0 Å². The van der Waals surface area contributed by atoms with Gasteiger partial charge in [-0.15, -0.1) is 0 Å². The van der Waals surface area contributed by atoms with E-state index >= 15 is 0 Å². The van der Waals surface area contributed by atoms with Crippen molar-refractivity contribution in [2.75, 3.05) is 46.8 Å². The van der Waals surface area contributed by atoms with Gasteiger partial charge in [0.2, 0.25) is 0 Å². The Labute approximate surface area is 172 Å². The number of halogens is 1. The first-order valence-corrected chi connectivity index (χ1v) is 10.2. The van der Waals surface area contributed by atoms with Gasteiger partial charge in [0.05, 0.1) is 0 Å². The molecule has 29 heavy (non-hydrogen) atoms. The van der Waals surface area contributed by atoms with Crippen molar-refractivity contribution < 1.29 is 13.6 Å². The fourth-order valence-corrected chi connectivity index (χ4v) is 3.88. The lowest BCUT2D eigenvalue weighted by Gasteiger charge is -2.36. The van der Waals surface area contributed by atoms with Crippen LogP contribution in [0, 0.1) is 18.7 Å². The molecule has 3 rings (SSSR count). The molecule has 2 heterocycles. The van der Waals surface area contributed by atoms with Crippen LogP contribution in [0.3, 0.4) is 0 Å². The van der Waals surface area contributed by atoms with Gasteiger partial charge in [0, 0.05) is 38.3 Å². The minimum atomic E-state index is -0.154. The zero-order valence-electron chi connectivity index (χ0n) is 17.6. The van der Waals surface area contributed by atoms with Crippen LogP contribution in [0.1, 0.15) is 34.7 Å². The van der Waals surface area contributed by atoms with Gasteiger partial charge in [-0.2, -0.15) is 0 Å². The number of oxazole rings is 1. The quantitative estimate of drug-likeness (QED) is 0.679. The molecule has 0 radical (unpaired) electrons. The molecule has 0 bridgehead atoms. The summed E-state index contributed by atoms with van der Waals surface area (Å²) in [7, 11) is 4.00. The summed E-state index contributed by atoms with van der Waals surface area (Å²) in [6.07, 6.45) is 3.44. The van der Waals surface area contributed by atoms with E-state index in [4.69, 9.17) is 4.42 Å². The first kappa shape index (κ1) is 21.5. The third-order valence-electron chi connectivity index (χ3n) is 5.49. The molecule has 7 heteroatoms. The largest absolute Gasteiger partial charge is 0.448 e. The van der Waals surface area contributed by atoms with Gasteiger partial charge in [-0.25, -0.2) is 9.37 Å². The molecule has 0 N–H and O–H groups in total. The fourth-order valence-electron chi connectivity index (χ4n) is 3.88. The number of hydrogen-bond acceptors (Lipinski definition) is 5. The standard InChI is InChI=1S/C22H31FN4O2/c1-17-21(24-16-29-17)22(28)27(12-11-25(2)3)14-18-7-6-10-26(13-18)15-19-8-4-5-9-20(19)23/h4-5,8-9,16,18H,6-7,10-15H2,1-3H3/t18-/m0/s1. The zero-order chi connectivity index (χ0) is 20.8. The van der Waals surface area contributed by atoms with Crippen molar-refractivity contribution in [1.82, 2.24) is 19.7 Å². The Morgan fingerprint density at radius 3 is 2.79 bits per heavy atom. The van der Waals surface area contributed by atoms with Crippen LogP contribution in [0.2, 0.25) is 0 Å². The topological polar surface area (TPSA) is 52.8 Å². The van der Waals surface area contributed by atoms with Gasteiger partial charge in [0.1, 0.15) is 11.6 Å². The molecule has 1 aliphatic rings. The SMILES string of the molecule is Cc1ocnc1C(=O)N(CCN(C)C)C[C@H]1CCCN(Cc2ccccc2F)C1. The summed E-state index contributed by atoms with van der Waals surface area (Å²) in [5.74, 6) is 0.673. The summed E-state index contributed by atoms with van der Waals surface area (Å²) in [5, 5.41) is 0. The number of likely N-dealkylation sites (tertiary alicyclic amines) is 1. The predicted octanol–water partition coefficient (Wildman–Crippen LogP) is 3.04. The van der Waals surface area contributed by atoms with E-state index in [0.29, 0.717) is 37.0 Å². The second-order valence-corrected chi connectivity index (χ2v) is 8.15. The second-order valence-electron chi connectivity index (χ2n) is 8.15. The summed E-state index contributed by atoms with van der Waals surface area (Å²) in [6, 6.07) is 6.96. The lowest BCUT2D eigenvalue weighted by Crippen LogP contribution is -2.44. The number of piperidine rings is 1. The van der Waals surface area contributed by atoms with Gasteiger partial charge in [0.15, 0.2) is 12.1 Å². The van der Waals surface area contributed by atoms with E-state index in [-0.39, 0.29) is 11.7 Å². The van der Waals surface area contributed by atoms with Crippen LogP contribution in [0.15, 0.2) is 35.1 Å². The fraction of sp³-hybridized carbons (Fsp3) is 0.545. The molecular weight excluding hydrogens is 371 g/mol. The molecule has 158 valence electrons. The molecule has 1 amide bonds. The highest BCUT2D eigenvalue weighted by Crippen LogP contribution is 2.21. The van der Waals surface area contributed by atoms with Crippen molar-refractivity contribution >= 4 is 5.91 Å². The average molecular weight is 403 g/mol. The number of amides is 1. The Bertz CT molecular complexity index is 808. The normalized spacial score (nSPS) is 17.6.